The Labute approximate surface area is 139 Å². The lowest BCUT2D eigenvalue weighted by Gasteiger charge is -2.06. The number of amides is 1. The van der Waals surface area contributed by atoms with Crippen LogP contribution in [-0.2, 0) is 6.54 Å². The van der Waals surface area contributed by atoms with Crippen LogP contribution in [0.4, 0.5) is 5.69 Å². The Balaban J connectivity index is 1.93. The minimum Gasteiger partial charge on any atom is -0.451 e. The molecule has 0 aliphatic rings. The summed E-state index contributed by atoms with van der Waals surface area (Å²) in [5.74, 6) is 0.696. The summed E-state index contributed by atoms with van der Waals surface area (Å²) in [6.45, 7) is 4.58. The van der Waals surface area contributed by atoms with Gasteiger partial charge in [-0.15, -0.1) is 6.58 Å². The zero-order valence-electron chi connectivity index (χ0n) is 11.2. The van der Waals surface area contributed by atoms with Gasteiger partial charge in [-0.05, 0) is 62.2 Å². The zero-order valence-corrected chi connectivity index (χ0v) is 14.3. The van der Waals surface area contributed by atoms with Gasteiger partial charge in [0, 0.05) is 17.8 Å². The van der Waals surface area contributed by atoms with E-state index in [-0.39, 0.29) is 5.91 Å². The van der Waals surface area contributed by atoms with Crippen molar-refractivity contribution in [2.45, 2.75) is 6.54 Å². The van der Waals surface area contributed by atoms with Gasteiger partial charge in [0.25, 0.3) is 5.91 Å². The molecule has 0 aliphatic carbocycles. The number of halogens is 2. The van der Waals surface area contributed by atoms with Crippen LogP contribution in [-0.4, -0.2) is 12.5 Å². The van der Waals surface area contributed by atoms with Crippen LogP contribution in [0.1, 0.15) is 16.1 Å². The maximum Gasteiger partial charge on any atom is 0.251 e. The summed E-state index contributed by atoms with van der Waals surface area (Å²) in [5, 5.41) is 5.96. The molecule has 21 heavy (non-hydrogen) atoms. The quantitative estimate of drug-likeness (QED) is 0.693. The van der Waals surface area contributed by atoms with E-state index in [1.54, 1.807) is 18.2 Å². The first-order chi connectivity index (χ1) is 10.1. The predicted molar refractivity (Wildman–Crippen MR) is 90.4 cm³/mol. The normalized spacial score (nSPS) is 10.2. The summed E-state index contributed by atoms with van der Waals surface area (Å²) in [6.07, 6.45) is 1.65. The zero-order chi connectivity index (χ0) is 15.2. The lowest BCUT2D eigenvalue weighted by atomic mass is 10.2. The first kappa shape index (κ1) is 15.9. The topological polar surface area (TPSA) is 54.3 Å². The maximum absolute atomic E-state index is 11.7. The smallest absolute Gasteiger partial charge is 0.251 e. The van der Waals surface area contributed by atoms with Crippen LogP contribution in [0.2, 0.25) is 0 Å². The lowest BCUT2D eigenvalue weighted by Crippen LogP contribution is -2.23. The van der Waals surface area contributed by atoms with Gasteiger partial charge in [0.15, 0.2) is 4.67 Å². The fourth-order valence-corrected chi connectivity index (χ4v) is 2.33. The molecule has 0 atom stereocenters. The molecule has 2 N–H and O–H groups in total. The molecular formula is C15H14Br2N2O2. The summed E-state index contributed by atoms with van der Waals surface area (Å²) in [4.78, 5) is 11.7. The molecule has 1 aromatic carbocycles. The highest BCUT2D eigenvalue weighted by Crippen LogP contribution is 2.27. The van der Waals surface area contributed by atoms with E-state index < -0.39 is 0 Å². The Morgan fingerprint density at radius 1 is 1.29 bits per heavy atom. The number of furan rings is 1. The molecule has 6 heteroatoms. The molecule has 0 fully saturated rings. The minimum absolute atomic E-state index is 0.111. The number of rotatable bonds is 6. The van der Waals surface area contributed by atoms with Crippen molar-refractivity contribution in [1.29, 1.82) is 0 Å². The average molecular weight is 414 g/mol. The number of anilines is 1. The number of carbonyl (C=O) groups is 1. The van der Waals surface area contributed by atoms with E-state index in [4.69, 9.17) is 4.42 Å². The summed E-state index contributed by atoms with van der Waals surface area (Å²) in [6, 6.07) is 9.16. The third-order valence-electron chi connectivity index (χ3n) is 2.72. The lowest BCUT2D eigenvalue weighted by molar-refractivity contribution is 0.0958. The highest BCUT2D eigenvalue weighted by Gasteiger charge is 2.06. The molecule has 2 rings (SSSR count). The third-order valence-corrected chi connectivity index (χ3v) is 4.43. The van der Waals surface area contributed by atoms with Crippen LogP contribution in [0.15, 0.2) is 56.5 Å². The second-order valence-corrected chi connectivity index (χ2v) is 5.84. The van der Waals surface area contributed by atoms with Gasteiger partial charge in [-0.25, -0.2) is 0 Å². The number of benzene rings is 1. The van der Waals surface area contributed by atoms with Gasteiger partial charge in [-0.3, -0.25) is 4.79 Å². The van der Waals surface area contributed by atoms with Crippen molar-refractivity contribution >= 4 is 43.5 Å². The van der Waals surface area contributed by atoms with Crippen LogP contribution in [0, 0.1) is 0 Å². The van der Waals surface area contributed by atoms with E-state index >= 15 is 0 Å². The van der Waals surface area contributed by atoms with Gasteiger partial charge in [0.05, 0.1) is 11.0 Å². The average Bonchev–Trinajstić information content (AvgIpc) is 2.82. The molecule has 0 radical (unpaired) electrons. The van der Waals surface area contributed by atoms with Gasteiger partial charge in [-0.1, -0.05) is 6.08 Å². The molecule has 0 unspecified atom stereocenters. The van der Waals surface area contributed by atoms with Gasteiger partial charge < -0.3 is 15.1 Å². The van der Waals surface area contributed by atoms with Crippen LogP contribution in [0.3, 0.4) is 0 Å². The van der Waals surface area contributed by atoms with E-state index in [1.165, 1.54) is 0 Å². The molecule has 0 bridgehead atoms. The molecule has 0 saturated heterocycles. The third kappa shape index (κ3) is 4.47. The predicted octanol–water partition coefficient (Wildman–Crippen LogP) is 4.33. The molecule has 1 amide bonds. The Hall–Kier alpha value is -1.53. The van der Waals surface area contributed by atoms with Crippen molar-refractivity contribution < 1.29 is 9.21 Å². The summed E-state index contributed by atoms with van der Waals surface area (Å²) in [5.41, 5.74) is 1.53. The first-order valence-electron chi connectivity index (χ1n) is 6.27. The van der Waals surface area contributed by atoms with Crippen molar-refractivity contribution in [3.05, 3.63) is 63.5 Å². The van der Waals surface area contributed by atoms with Gasteiger partial charge in [-0.2, -0.15) is 0 Å². The van der Waals surface area contributed by atoms with E-state index in [9.17, 15) is 4.79 Å². The highest BCUT2D eigenvalue weighted by molar-refractivity contribution is 9.13. The van der Waals surface area contributed by atoms with Crippen LogP contribution < -0.4 is 10.6 Å². The van der Waals surface area contributed by atoms with Gasteiger partial charge >= 0.3 is 0 Å². The monoisotopic (exact) mass is 412 g/mol. The summed E-state index contributed by atoms with van der Waals surface area (Å²) < 4.78 is 7.03. The Kier molecular flexibility index (Phi) is 5.64. The van der Waals surface area contributed by atoms with Crippen molar-refractivity contribution in [2.75, 3.05) is 11.9 Å². The Morgan fingerprint density at radius 3 is 2.57 bits per heavy atom. The molecule has 110 valence electrons. The fraction of sp³-hybridized carbons (Fsp3) is 0.133. The molecule has 1 aromatic heterocycles. The first-order valence-corrected chi connectivity index (χ1v) is 7.85. The molecular weight excluding hydrogens is 400 g/mol. The minimum atomic E-state index is -0.111. The largest absolute Gasteiger partial charge is 0.451 e. The van der Waals surface area contributed by atoms with Crippen molar-refractivity contribution in [1.82, 2.24) is 5.32 Å². The highest BCUT2D eigenvalue weighted by atomic mass is 79.9. The van der Waals surface area contributed by atoms with E-state index in [0.29, 0.717) is 23.3 Å². The maximum atomic E-state index is 11.7. The molecule has 2 aromatic rings. The molecule has 0 aliphatic heterocycles. The van der Waals surface area contributed by atoms with Crippen LogP contribution >= 0.6 is 31.9 Å². The molecule has 1 heterocycles. The standard InChI is InChI=1S/C15H14Br2N2O2/c1-2-7-18-15(20)10-3-5-11(6-4-10)19-9-12-8-13(16)14(17)21-12/h2-6,8,19H,1,7,9H2,(H,18,20). The number of hydrogen-bond donors (Lipinski definition) is 2. The Morgan fingerprint density at radius 2 is 2.00 bits per heavy atom. The van der Waals surface area contributed by atoms with Crippen molar-refractivity contribution in [3.63, 3.8) is 0 Å². The molecule has 4 nitrogen and oxygen atoms in total. The summed E-state index contributed by atoms with van der Waals surface area (Å²) >= 11 is 6.66. The second-order valence-electron chi connectivity index (χ2n) is 4.26. The summed E-state index contributed by atoms with van der Waals surface area (Å²) in [7, 11) is 0. The molecule has 0 saturated carbocycles. The molecule has 0 spiro atoms. The number of hydrogen-bond acceptors (Lipinski definition) is 3. The van der Waals surface area contributed by atoms with Crippen molar-refractivity contribution in [2.24, 2.45) is 0 Å². The fourth-order valence-electron chi connectivity index (χ4n) is 1.67. The van der Waals surface area contributed by atoms with E-state index in [1.807, 2.05) is 18.2 Å². The van der Waals surface area contributed by atoms with Gasteiger partial charge in [0.2, 0.25) is 0 Å². The number of nitrogens with one attached hydrogen (secondary N) is 2. The van der Waals surface area contributed by atoms with Gasteiger partial charge in [0.1, 0.15) is 5.76 Å². The second kappa shape index (κ2) is 7.47. The van der Waals surface area contributed by atoms with E-state index in [2.05, 4.69) is 49.1 Å². The van der Waals surface area contributed by atoms with Crippen LogP contribution in [0.5, 0.6) is 0 Å². The Bertz CT molecular complexity index is 616. The SMILES string of the molecule is C=CCNC(=O)c1ccc(NCc2cc(Br)c(Br)o2)cc1. The van der Waals surface area contributed by atoms with E-state index in [0.717, 1.165) is 15.9 Å². The number of carbonyl (C=O) groups excluding carboxylic acids is 1. The van der Waals surface area contributed by atoms with Crippen molar-refractivity contribution in [3.8, 4) is 0 Å². The van der Waals surface area contributed by atoms with Crippen LogP contribution in [0.25, 0.3) is 0 Å².